The number of nitrogens with one attached hydrogen (secondary N) is 1. The van der Waals surface area contributed by atoms with Crippen LogP contribution in [-0.4, -0.2) is 22.8 Å². The van der Waals surface area contributed by atoms with Crippen LogP contribution < -0.4 is 4.74 Å². The molecule has 0 aliphatic heterocycles. The van der Waals surface area contributed by atoms with Crippen molar-refractivity contribution in [3.63, 3.8) is 0 Å². The van der Waals surface area contributed by atoms with Crippen molar-refractivity contribution in [3.8, 4) is 6.01 Å². The number of aromatic nitrogens is 2. The molecule has 0 aliphatic rings. The highest BCUT2D eigenvalue weighted by atomic mass is 19.4. The zero-order valence-corrected chi connectivity index (χ0v) is 7.85. The number of aromatic amines is 1. The average molecular weight is 208 g/mol. The average Bonchev–Trinajstić information content (AvgIpc) is 2.47. The van der Waals surface area contributed by atoms with Gasteiger partial charge in [0, 0.05) is 5.69 Å². The predicted molar refractivity (Wildman–Crippen MR) is 44.2 cm³/mol. The van der Waals surface area contributed by atoms with Gasteiger partial charge in [0.05, 0.1) is 6.20 Å². The maximum Gasteiger partial charge on any atom is 0.422 e. The molecule has 0 amide bonds. The second kappa shape index (κ2) is 3.89. The van der Waals surface area contributed by atoms with Crippen molar-refractivity contribution in [3.05, 3.63) is 11.9 Å². The molecule has 0 aromatic carbocycles. The number of nitrogens with zero attached hydrogens (tertiary/aromatic N) is 1. The second-order valence-electron chi connectivity index (χ2n) is 3.20. The molecule has 1 N–H and O–H groups in total. The smallest absolute Gasteiger partial charge is 0.422 e. The molecule has 0 atom stereocenters. The number of hydrogen-bond acceptors (Lipinski definition) is 2. The summed E-state index contributed by atoms with van der Waals surface area (Å²) in [6.07, 6.45) is -2.86. The molecule has 1 heterocycles. The standard InChI is InChI=1S/C8H11F3N2O/c1-5(2)6-3-12-7(13-6)14-4-8(9,10)11/h3,5H,4H2,1-2H3,(H,12,13). The Kier molecular flexibility index (Phi) is 3.03. The number of imidazole rings is 1. The van der Waals surface area contributed by atoms with E-state index in [0.717, 1.165) is 5.69 Å². The van der Waals surface area contributed by atoms with E-state index in [9.17, 15) is 13.2 Å². The number of rotatable bonds is 3. The van der Waals surface area contributed by atoms with Crippen LogP contribution in [0, 0.1) is 0 Å². The molecule has 1 aromatic rings. The van der Waals surface area contributed by atoms with Crippen molar-refractivity contribution in [2.24, 2.45) is 0 Å². The quantitative estimate of drug-likeness (QED) is 0.828. The molecule has 14 heavy (non-hydrogen) atoms. The van der Waals surface area contributed by atoms with E-state index in [1.807, 2.05) is 13.8 Å². The monoisotopic (exact) mass is 208 g/mol. The third-order valence-electron chi connectivity index (χ3n) is 1.57. The molecule has 6 heteroatoms. The lowest BCUT2D eigenvalue weighted by Crippen LogP contribution is -2.19. The third kappa shape index (κ3) is 3.27. The van der Waals surface area contributed by atoms with Gasteiger partial charge in [-0.25, -0.2) is 4.98 Å². The summed E-state index contributed by atoms with van der Waals surface area (Å²) in [5, 5.41) is 0. The molecular formula is C8H11F3N2O. The van der Waals surface area contributed by atoms with Gasteiger partial charge in [-0.2, -0.15) is 13.2 Å². The highest BCUT2D eigenvalue weighted by Crippen LogP contribution is 2.18. The Labute approximate surface area is 79.3 Å². The highest BCUT2D eigenvalue weighted by molar-refractivity contribution is 5.08. The molecule has 0 fully saturated rings. The molecule has 80 valence electrons. The Bertz CT molecular complexity index is 293. The molecular weight excluding hydrogens is 197 g/mol. The van der Waals surface area contributed by atoms with E-state index < -0.39 is 12.8 Å². The first kappa shape index (κ1) is 10.9. The summed E-state index contributed by atoms with van der Waals surface area (Å²) in [5.74, 6) is 0.186. The van der Waals surface area contributed by atoms with Crippen LogP contribution in [0.3, 0.4) is 0 Å². The fourth-order valence-corrected chi connectivity index (χ4v) is 0.833. The second-order valence-corrected chi connectivity index (χ2v) is 3.20. The van der Waals surface area contributed by atoms with Crippen molar-refractivity contribution < 1.29 is 17.9 Å². The van der Waals surface area contributed by atoms with Crippen LogP contribution in [0.5, 0.6) is 6.01 Å². The van der Waals surface area contributed by atoms with Crippen molar-refractivity contribution in [1.82, 2.24) is 9.97 Å². The minimum atomic E-state index is -4.33. The zero-order valence-electron chi connectivity index (χ0n) is 7.85. The van der Waals surface area contributed by atoms with Gasteiger partial charge < -0.3 is 9.72 Å². The van der Waals surface area contributed by atoms with Gasteiger partial charge in [0.25, 0.3) is 6.01 Å². The first-order chi connectivity index (χ1) is 6.38. The molecule has 1 aromatic heterocycles. The summed E-state index contributed by atoms with van der Waals surface area (Å²) in [6.45, 7) is 2.49. The zero-order chi connectivity index (χ0) is 10.8. The summed E-state index contributed by atoms with van der Waals surface area (Å²) < 4.78 is 39.6. The van der Waals surface area contributed by atoms with E-state index in [1.165, 1.54) is 6.20 Å². The lowest BCUT2D eigenvalue weighted by molar-refractivity contribution is -0.154. The molecule has 0 saturated carbocycles. The van der Waals surface area contributed by atoms with Crippen molar-refractivity contribution in [1.29, 1.82) is 0 Å². The third-order valence-corrected chi connectivity index (χ3v) is 1.57. The Morgan fingerprint density at radius 3 is 2.57 bits per heavy atom. The molecule has 3 nitrogen and oxygen atoms in total. The van der Waals surface area contributed by atoms with Crippen LogP contribution in [0.2, 0.25) is 0 Å². The lowest BCUT2D eigenvalue weighted by Gasteiger charge is -2.05. The molecule has 0 spiro atoms. The number of ether oxygens (including phenoxy) is 1. The molecule has 1 rings (SSSR count). The van der Waals surface area contributed by atoms with Crippen LogP contribution in [0.25, 0.3) is 0 Å². The molecule has 0 aliphatic carbocycles. The van der Waals surface area contributed by atoms with Gasteiger partial charge in [0.15, 0.2) is 6.61 Å². The van der Waals surface area contributed by atoms with Crippen molar-refractivity contribution in [2.45, 2.75) is 25.9 Å². The number of hydrogen-bond donors (Lipinski definition) is 1. The van der Waals surface area contributed by atoms with Crippen LogP contribution in [0.4, 0.5) is 13.2 Å². The number of H-pyrrole nitrogens is 1. The topological polar surface area (TPSA) is 37.9 Å². The SMILES string of the molecule is CC(C)c1cnc(OCC(F)(F)F)[nH]1. The lowest BCUT2D eigenvalue weighted by atomic mass is 10.2. The van der Waals surface area contributed by atoms with Gasteiger partial charge in [-0.3, -0.25) is 0 Å². The van der Waals surface area contributed by atoms with E-state index in [2.05, 4.69) is 14.7 Å². The Morgan fingerprint density at radius 1 is 1.50 bits per heavy atom. The van der Waals surface area contributed by atoms with Crippen LogP contribution >= 0.6 is 0 Å². The number of halogens is 3. The molecule has 0 unspecified atom stereocenters. The number of alkyl halides is 3. The summed E-state index contributed by atoms with van der Waals surface area (Å²) in [4.78, 5) is 6.31. The minimum Gasteiger partial charge on any atom is -0.455 e. The van der Waals surface area contributed by atoms with Crippen molar-refractivity contribution >= 4 is 0 Å². The Morgan fingerprint density at radius 2 is 2.14 bits per heavy atom. The van der Waals surface area contributed by atoms with Gasteiger partial charge in [0.1, 0.15) is 0 Å². The van der Waals surface area contributed by atoms with Gasteiger partial charge in [-0.1, -0.05) is 13.8 Å². The summed E-state index contributed by atoms with van der Waals surface area (Å²) in [6, 6.07) is -0.0916. The van der Waals surface area contributed by atoms with Crippen LogP contribution in [0.15, 0.2) is 6.20 Å². The largest absolute Gasteiger partial charge is 0.455 e. The maximum absolute atomic E-state index is 11.7. The minimum absolute atomic E-state index is 0.0916. The van der Waals surface area contributed by atoms with Crippen LogP contribution in [0.1, 0.15) is 25.5 Å². The van der Waals surface area contributed by atoms with Gasteiger partial charge in [-0.15, -0.1) is 0 Å². The van der Waals surface area contributed by atoms with Gasteiger partial charge in [-0.05, 0) is 5.92 Å². The first-order valence-corrected chi connectivity index (χ1v) is 4.13. The summed E-state index contributed by atoms with van der Waals surface area (Å²) >= 11 is 0. The fourth-order valence-electron chi connectivity index (χ4n) is 0.833. The molecule has 0 saturated heterocycles. The first-order valence-electron chi connectivity index (χ1n) is 4.13. The van der Waals surface area contributed by atoms with Gasteiger partial charge in [0.2, 0.25) is 0 Å². The van der Waals surface area contributed by atoms with E-state index in [4.69, 9.17) is 0 Å². The Balaban J connectivity index is 2.52. The normalized spacial score (nSPS) is 12.1. The van der Waals surface area contributed by atoms with Crippen molar-refractivity contribution in [2.75, 3.05) is 6.61 Å². The summed E-state index contributed by atoms with van der Waals surface area (Å²) in [5.41, 5.74) is 0.752. The summed E-state index contributed by atoms with van der Waals surface area (Å²) in [7, 11) is 0. The maximum atomic E-state index is 11.7. The van der Waals surface area contributed by atoms with E-state index in [0.29, 0.717) is 0 Å². The van der Waals surface area contributed by atoms with Gasteiger partial charge >= 0.3 is 6.18 Å². The highest BCUT2D eigenvalue weighted by Gasteiger charge is 2.28. The molecule has 0 bridgehead atoms. The Hall–Kier alpha value is -1.20. The van der Waals surface area contributed by atoms with E-state index >= 15 is 0 Å². The van der Waals surface area contributed by atoms with E-state index in [-0.39, 0.29) is 11.9 Å². The fraction of sp³-hybridized carbons (Fsp3) is 0.625. The van der Waals surface area contributed by atoms with Crippen LogP contribution in [-0.2, 0) is 0 Å². The molecule has 0 radical (unpaired) electrons. The van der Waals surface area contributed by atoms with E-state index in [1.54, 1.807) is 0 Å². The predicted octanol–water partition coefficient (Wildman–Crippen LogP) is 2.47.